The monoisotopic (exact) mass is 309 g/mol. The summed E-state index contributed by atoms with van der Waals surface area (Å²) in [6.07, 6.45) is 2.63. The summed E-state index contributed by atoms with van der Waals surface area (Å²) in [5, 5.41) is 8.33. The minimum absolute atomic E-state index is 0.158. The second-order valence-corrected chi connectivity index (χ2v) is 5.55. The smallest absolute Gasteiger partial charge is 0.123 e. The number of benzene rings is 1. The van der Waals surface area contributed by atoms with Gasteiger partial charge in [0.2, 0.25) is 0 Å². The summed E-state index contributed by atoms with van der Waals surface area (Å²) >= 11 is 6.31. The Kier molecular flexibility index (Phi) is 5.37. The van der Waals surface area contributed by atoms with Crippen LogP contribution in [0.1, 0.15) is 43.1 Å². The van der Waals surface area contributed by atoms with E-state index in [0.717, 1.165) is 36.3 Å². The van der Waals surface area contributed by atoms with Gasteiger partial charge in [-0.1, -0.05) is 24.6 Å². The molecule has 2 aromatic rings. The number of nitrogens with zero attached hydrogens (tertiary/aromatic N) is 2. The van der Waals surface area contributed by atoms with E-state index in [4.69, 9.17) is 11.6 Å². The fourth-order valence-corrected chi connectivity index (χ4v) is 2.75. The molecule has 0 amide bonds. The Morgan fingerprint density at radius 2 is 2.10 bits per heavy atom. The van der Waals surface area contributed by atoms with E-state index in [1.54, 1.807) is 12.3 Å². The van der Waals surface area contributed by atoms with Crippen LogP contribution in [-0.4, -0.2) is 16.3 Å². The molecule has 0 spiro atoms. The highest BCUT2D eigenvalue weighted by Crippen LogP contribution is 2.29. The summed E-state index contributed by atoms with van der Waals surface area (Å²) < 4.78 is 15.6. The molecule has 1 N–H and O–H groups in total. The molecule has 1 aromatic carbocycles. The molecule has 0 saturated heterocycles. The Hall–Kier alpha value is -1.39. The molecule has 0 aliphatic rings. The van der Waals surface area contributed by atoms with E-state index in [1.807, 2.05) is 24.6 Å². The standard InChI is InChI=1S/C16H21ClFN3/c1-4-6-19-15(12-7-11(3)8-13(18)9-12)16-14(17)10-20-21(16)5-2/h7-10,15,19H,4-6H2,1-3H3. The van der Waals surface area contributed by atoms with Crippen LogP contribution in [0.5, 0.6) is 0 Å². The molecule has 0 fully saturated rings. The molecular formula is C16H21ClFN3. The lowest BCUT2D eigenvalue weighted by Crippen LogP contribution is -2.26. The number of halogens is 2. The van der Waals surface area contributed by atoms with Gasteiger partial charge in [0.05, 0.1) is 23.0 Å². The number of hydrogen-bond acceptors (Lipinski definition) is 2. The highest BCUT2D eigenvalue weighted by Gasteiger charge is 2.22. The Balaban J connectivity index is 2.49. The predicted molar refractivity (Wildman–Crippen MR) is 84.2 cm³/mol. The maximum Gasteiger partial charge on any atom is 0.123 e. The van der Waals surface area contributed by atoms with Crippen LogP contribution >= 0.6 is 11.6 Å². The van der Waals surface area contributed by atoms with Crippen LogP contribution in [0.25, 0.3) is 0 Å². The summed E-state index contributed by atoms with van der Waals surface area (Å²) in [4.78, 5) is 0. The Morgan fingerprint density at radius 3 is 2.71 bits per heavy atom. The van der Waals surface area contributed by atoms with Gasteiger partial charge in [-0.2, -0.15) is 5.10 Å². The quantitative estimate of drug-likeness (QED) is 0.871. The first-order valence-electron chi connectivity index (χ1n) is 7.28. The third-order valence-electron chi connectivity index (χ3n) is 3.40. The van der Waals surface area contributed by atoms with E-state index in [-0.39, 0.29) is 11.9 Å². The first-order chi connectivity index (χ1) is 10.1. The lowest BCUT2D eigenvalue weighted by molar-refractivity contribution is 0.526. The minimum Gasteiger partial charge on any atom is -0.305 e. The van der Waals surface area contributed by atoms with Gasteiger partial charge in [0.25, 0.3) is 0 Å². The molecule has 0 radical (unpaired) electrons. The number of aryl methyl sites for hydroxylation is 2. The van der Waals surface area contributed by atoms with Gasteiger partial charge in [0.15, 0.2) is 0 Å². The van der Waals surface area contributed by atoms with Crippen molar-refractivity contribution in [1.29, 1.82) is 0 Å². The highest BCUT2D eigenvalue weighted by molar-refractivity contribution is 6.31. The molecule has 0 aliphatic carbocycles. The highest BCUT2D eigenvalue weighted by atomic mass is 35.5. The average molecular weight is 310 g/mol. The van der Waals surface area contributed by atoms with Crippen molar-refractivity contribution < 1.29 is 4.39 Å². The largest absolute Gasteiger partial charge is 0.305 e. The van der Waals surface area contributed by atoms with Crippen LogP contribution in [0.3, 0.4) is 0 Å². The van der Waals surface area contributed by atoms with E-state index in [1.165, 1.54) is 6.07 Å². The summed E-state index contributed by atoms with van der Waals surface area (Å²) in [5.74, 6) is -0.230. The molecule has 1 atom stereocenters. The van der Waals surface area contributed by atoms with Gasteiger partial charge in [0, 0.05) is 6.54 Å². The molecule has 1 heterocycles. The van der Waals surface area contributed by atoms with Gasteiger partial charge < -0.3 is 5.32 Å². The molecule has 5 heteroatoms. The minimum atomic E-state index is -0.230. The van der Waals surface area contributed by atoms with Gasteiger partial charge in [-0.3, -0.25) is 4.68 Å². The van der Waals surface area contributed by atoms with Crippen LogP contribution in [-0.2, 0) is 6.54 Å². The van der Waals surface area contributed by atoms with Crippen molar-refractivity contribution in [3.8, 4) is 0 Å². The zero-order chi connectivity index (χ0) is 15.4. The lowest BCUT2D eigenvalue weighted by atomic mass is 10.0. The van der Waals surface area contributed by atoms with Crippen LogP contribution in [0.15, 0.2) is 24.4 Å². The number of rotatable bonds is 6. The summed E-state index contributed by atoms with van der Waals surface area (Å²) in [6.45, 7) is 7.55. The maximum absolute atomic E-state index is 13.8. The lowest BCUT2D eigenvalue weighted by Gasteiger charge is -2.21. The number of nitrogens with one attached hydrogen (secondary N) is 1. The molecule has 1 unspecified atom stereocenters. The van der Waals surface area contributed by atoms with E-state index >= 15 is 0 Å². The van der Waals surface area contributed by atoms with Gasteiger partial charge in [0.1, 0.15) is 5.82 Å². The summed E-state index contributed by atoms with van der Waals surface area (Å²) in [5.41, 5.74) is 2.66. The van der Waals surface area contributed by atoms with Crippen molar-refractivity contribution in [3.63, 3.8) is 0 Å². The van der Waals surface area contributed by atoms with Crippen molar-refractivity contribution in [2.75, 3.05) is 6.54 Å². The van der Waals surface area contributed by atoms with Crippen LogP contribution in [0.4, 0.5) is 4.39 Å². The first-order valence-corrected chi connectivity index (χ1v) is 7.66. The van der Waals surface area contributed by atoms with Gasteiger partial charge in [-0.25, -0.2) is 4.39 Å². The van der Waals surface area contributed by atoms with Crippen molar-refractivity contribution in [1.82, 2.24) is 15.1 Å². The fourth-order valence-electron chi connectivity index (χ4n) is 2.50. The van der Waals surface area contributed by atoms with Gasteiger partial charge in [-0.15, -0.1) is 0 Å². The van der Waals surface area contributed by atoms with E-state index in [2.05, 4.69) is 17.3 Å². The second kappa shape index (κ2) is 7.05. The SMILES string of the molecule is CCCNC(c1cc(C)cc(F)c1)c1c(Cl)cnn1CC. The Bertz CT molecular complexity index is 589. The first kappa shape index (κ1) is 16.0. The second-order valence-electron chi connectivity index (χ2n) is 5.14. The Morgan fingerprint density at radius 1 is 1.33 bits per heavy atom. The molecule has 114 valence electrons. The van der Waals surface area contributed by atoms with E-state index < -0.39 is 0 Å². The van der Waals surface area contributed by atoms with Gasteiger partial charge in [-0.05, 0) is 50.1 Å². The molecule has 2 rings (SSSR count). The maximum atomic E-state index is 13.8. The molecule has 0 bridgehead atoms. The van der Waals surface area contributed by atoms with Crippen LogP contribution < -0.4 is 5.32 Å². The van der Waals surface area contributed by atoms with Gasteiger partial charge >= 0.3 is 0 Å². The third kappa shape index (κ3) is 3.63. The van der Waals surface area contributed by atoms with E-state index in [0.29, 0.717) is 5.02 Å². The fraction of sp³-hybridized carbons (Fsp3) is 0.438. The topological polar surface area (TPSA) is 29.9 Å². The van der Waals surface area contributed by atoms with Crippen molar-refractivity contribution >= 4 is 11.6 Å². The molecule has 21 heavy (non-hydrogen) atoms. The normalized spacial score (nSPS) is 12.6. The van der Waals surface area contributed by atoms with Crippen LogP contribution in [0, 0.1) is 12.7 Å². The summed E-state index contributed by atoms with van der Waals surface area (Å²) in [7, 11) is 0. The number of hydrogen-bond donors (Lipinski definition) is 1. The Labute approximate surface area is 130 Å². The number of aromatic nitrogens is 2. The van der Waals surface area contributed by atoms with Crippen molar-refractivity contribution in [2.24, 2.45) is 0 Å². The molecule has 1 aromatic heterocycles. The summed E-state index contributed by atoms with van der Waals surface area (Å²) in [6, 6.07) is 4.91. The molecular weight excluding hydrogens is 289 g/mol. The van der Waals surface area contributed by atoms with E-state index in [9.17, 15) is 4.39 Å². The third-order valence-corrected chi connectivity index (χ3v) is 3.69. The zero-order valence-electron chi connectivity index (χ0n) is 12.7. The predicted octanol–water partition coefficient (Wildman–Crippen LogP) is 4.09. The van der Waals surface area contributed by atoms with Crippen molar-refractivity contribution in [3.05, 3.63) is 52.1 Å². The average Bonchev–Trinajstić information content (AvgIpc) is 2.80. The molecule has 0 saturated carbocycles. The van der Waals surface area contributed by atoms with Crippen molar-refractivity contribution in [2.45, 2.75) is 39.8 Å². The molecule has 0 aliphatic heterocycles. The van der Waals surface area contributed by atoms with Crippen LogP contribution in [0.2, 0.25) is 5.02 Å². The zero-order valence-corrected chi connectivity index (χ0v) is 13.4. The molecule has 3 nitrogen and oxygen atoms in total.